The number of carbonyl (C=O) groups is 1. The first kappa shape index (κ1) is 13.0. The number of nitrogens with zero attached hydrogens (tertiary/aromatic N) is 1. The van der Waals surface area contributed by atoms with E-state index >= 15 is 0 Å². The Morgan fingerprint density at radius 2 is 2.17 bits per heavy atom. The molecule has 1 heterocycles. The molecule has 1 fully saturated rings. The van der Waals surface area contributed by atoms with E-state index in [9.17, 15) is 14.3 Å². The number of hydrogen-bond donors (Lipinski definition) is 1. The van der Waals surface area contributed by atoms with E-state index in [2.05, 4.69) is 0 Å². The van der Waals surface area contributed by atoms with Crippen LogP contribution in [0.2, 0.25) is 0 Å². The van der Waals surface area contributed by atoms with Crippen LogP contribution in [-0.2, 0) is 11.3 Å². The molecule has 0 bridgehead atoms. The van der Waals surface area contributed by atoms with Crippen molar-refractivity contribution in [2.75, 3.05) is 19.8 Å². The lowest BCUT2D eigenvalue weighted by molar-refractivity contribution is -0.149. The van der Waals surface area contributed by atoms with Gasteiger partial charge in [-0.25, -0.2) is 0 Å². The molecule has 0 amide bonds. The Morgan fingerprint density at radius 1 is 1.50 bits per heavy atom. The van der Waals surface area contributed by atoms with E-state index in [1.54, 1.807) is 6.92 Å². The summed E-state index contributed by atoms with van der Waals surface area (Å²) in [5.74, 6) is -1.32. The van der Waals surface area contributed by atoms with Crippen molar-refractivity contribution in [3.8, 4) is 0 Å². The first-order valence-corrected chi connectivity index (χ1v) is 6.12. The zero-order valence-corrected chi connectivity index (χ0v) is 10.5. The van der Waals surface area contributed by atoms with Gasteiger partial charge in [0.2, 0.25) is 0 Å². The molecule has 1 aliphatic heterocycles. The second kappa shape index (κ2) is 5.06. The second-order valence-corrected chi connectivity index (χ2v) is 5.23. The van der Waals surface area contributed by atoms with Gasteiger partial charge in [0.1, 0.15) is 0 Å². The van der Waals surface area contributed by atoms with Crippen molar-refractivity contribution in [2.45, 2.75) is 13.5 Å². The number of benzene rings is 1. The maximum Gasteiger partial charge on any atom is 0.311 e. The van der Waals surface area contributed by atoms with E-state index in [0.29, 0.717) is 19.6 Å². The summed E-state index contributed by atoms with van der Waals surface area (Å²) < 4.78 is 13.0. The molecule has 0 unspecified atom stereocenters. The monoisotopic (exact) mass is 251 g/mol. The van der Waals surface area contributed by atoms with Gasteiger partial charge in [0.15, 0.2) is 0 Å². The molecule has 1 aromatic carbocycles. The molecule has 0 aromatic heterocycles. The van der Waals surface area contributed by atoms with Crippen LogP contribution < -0.4 is 0 Å². The summed E-state index contributed by atoms with van der Waals surface area (Å²) in [4.78, 5) is 13.3. The zero-order chi connectivity index (χ0) is 13.2. The molecule has 1 aliphatic rings. The highest BCUT2D eigenvalue weighted by Gasteiger charge is 2.48. The van der Waals surface area contributed by atoms with E-state index in [1.807, 2.05) is 35.2 Å². The number of carboxylic acids is 1. The molecule has 2 atom stereocenters. The van der Waals surface area contributed by atoms with Crippen molar-refractivity contribution in [2.24, 2.45) is 11.3 Å². The Kier molecular flexibility index (Phi) is 3.66. The van der Waals surface area contributed by atoms with Crippen molar-refractivity contribution in [1.29, 1.82) is 0 Å². The van der Waals surface area contributed by atoms with Gasteiger partial charge in [-0.3, -0.25) is 14.1 Å². The van der Waals surface area contributed by atoms with Crippen LogP contribution in [0, 0.1) is 11.3 Å². The number of aliphatic carboxylic acids is 1. The fraction of sp³-hybridized carbons (Fsp3) is 0.500. The minimum Gasteiger partial charge on any atom is -0.481 e. The van der Waals surface area contributed by atoms with Crippen LogP contribution in [0.3, 0.4) is 0 Å². The number of carboxylic acid groups (broad SMARTS) is 1. The molecule has 4 heteroatoms. The minimum atomic E-state index is -0.969. The van der Waals surface area contributed by atoms with Crippen molar-refractivity contribution in [3.05, 3.63) is 35.9 Å². The third kappa shape index (κ3) is 2.38. The van der Waals surface area contributed by atoms with E-state index in [1.165, 1.54) is 0 Å². The smallest absolute Gasteiger partial charge is 0.311 e. The minimum absolute atomic E-state index is 0.409. The van der Waals surface area contributed by atoms with Crippen molar-refractivity contribution in [1.82, 2.24) is 4.90 Å². The van der Waals surface area contributed by atoms with Crippen LogP contribution in [-0.4, -0.2) is 35.7 Å². The maximum atomic E-state index is 13.0. The summed E-state index contributed by atoms with van der Waals surface area (Å²) in [6, 6.07) is 9.85. The van der Waals surface area contributed by atoms with Gasteiger partial charge >= 0.3 is 5.97 Å². The zero-order valence-electron chi connectivity index (χ0n) is 10.5. The molecular weight excluding hydrogens is 233 g/mol. The van der Waals surface area contributed by atoms with Gasteiger partial charge in [-0.05, 0) is 12.5 Å². The summed E-state index contributed by atoms with van der Waals surface area (Å²) in [5, 5.41) is 9.26. The fourth-order valence-electron chi connectivity index (χ4n) is 2.59. The number of alkyl halides is 1. The van der Waals surface area contributed by atoms with Crippen LogP contribution in [0.15, 0.2) is 30.3 Å². The molecule has 18 heavy (non-hydrogen) atoms. The highest BCUT2D eigenvalue weighted by molar-refractivity contribution is 5.75. The molecule has 0 radical (unpaired) electrons. The van der Waals surface area contributed by atoms with Gasteiger partial charge in [-0.2, -0.15) is 0 Å². The van der Waals surface area contributed by atoms with Crippen LogP contribution in [0.25, 0.3) is 0 Å². The average molecular weight is 251 g/mol. The van der Waals surface area contributed by atoms with Crippen LogP contribution in [0.5, 0.6) is 0 Å². The molecule has 0 saturated carbocycles. The van der Waals surface area contributed by atoms with Gasteiger partial charge in [0.05, 0.1) is 12.1 Å². The summed E-state index contributed by atoms with van der Waals surface area (Å²) >= 11 is 0. The first-order valence-electron chi connectivity index (χ1n) is 6.12. The van der Waals surface area contributed by atoms with Crippen LogP contribution in [0.1, 0.15) is 12.5 Å². The number of rotatable bonds is 4. The molecule has 1 aromatic rings. The Morgan fingerprint density at radius 3 is 2.67 bits per heavy atom. The quantitative estimate of drug-likeness (QED) is 0.891. The SMILES string of the molecule is C[C@]1(C(=O)O)CN(Cc2ccccc2)C[C@@H]1CF. The standard InChI is InChI=1S/C14H18FNO2/c1-14(13(17)18)10-16(9-12(14)7-15)8-11-5-3-2-4-6-11/h2-6,12H,7-10H2,1H3,(H,17,18)/t12-,14-/m0/s1. The molecule has 2 rings (SSSR count). The highest BCUT2D eigenvalue weighted by atomic mass is 19.1. The van der Waals surface area contributed by atoms with Crippen LogP contribution in [0.4, 0.5) is 4.39 Å². The lowest BCUT2D eigenvalue weighted by Gasteiger charge is -2.23. The largest absolute Gasteiger partial charge is 0.481 e. The van der Waals surface area contributed by atoms with E-state index in [0.717, 1.165) is 5.56 Å². The van der Waals surface area contributed by atoms with E-state index < -0.39 is 24.0 Å². The van der Waals surface area contributed by atoms with Gasteiger partial charge < -0.3 is 5.11 Å². The predicted molar refractivity (Wildman–Crippen MR) is 66.9 cm³/mol. The number of hydrogen-bond acceptors (Lipinski definition) is 2. The topological polar surface area (TPSA) is 40.5 Å². The van der Waals surface area contributed by atoms with Crippen molar-refractivity contribution in [3.63, 3.8) is 0 Å². The molecule has 1 saturated heterocycles. The van der Waals surface area contributed by atoms with Gasteiger partial charge in [-0.1, -0.05) is 30.3 Å². The summed E-state index contributed by atoms with van der Waals surface area (Å²) in [7, 11) is 0. The second-order valence-electron chi connectivity index (χ2n) is 5.23. The average Bonchev–Trinajstić information content (AvgIpc) is 2.68. The summed E-state index contributed by atoms with van der Waals surface area (Å²) in [5.41, 5.74) is 0.161. The Bertz CT molecular complexity index is 423. The third-order valence-corrected chi connectivity index (χ3v) is 3.86. The molecule has 98 valence electrons. The first-order chi connectivity index (χ1) is 8.56. The normalized spacial score (nSPS) is 28.4. The van der Waals surface area contributed by atoms with E-state index in [-0.39, 0.29) is 0 Å². The molecule has 0 aliphatic carbocycles. The predicted octanol–water partition coefficient (Wildman–Crippen LogP) is 2.18. The Hall–Kier alpha value is -1.42. The summed E-state index contributed by atoms with van der Waals surface area (Å²) in [6.07, 6.45) is 0. The van der Waals surface area contributed by atoms with Gasteiger partial charge in [-0.15, -0.1) is 0 Å². The molecule has 0 spiro atoms. The fourth-order valence-corrected chi connectivity index (χ4v) is 2.59. The van der Waals surface area contributed by atoms with E-state index in [4.69, 9.17) is 0 Å². The third-order valence-electron chi connectivity index (χ3n) is 3.86. The lowest BCUT2D eigenvalue weighted by Crippen LogP contribution is -2.36. The lowest BCUT2D eigenvalue weighted by atomic mass is 9.81. The Balaban J connectivity index is 2.08. The Labute approximate surface area is 106 Å². The molecule has 3 nitrogen and oxygen atoms in total. The van der Waals surface area contributed by atoms with Gasteiger partial charge in [0, 0.05) is 25.6 Å². The number of halogens is 1. The van der Waals surface area contributed by atoms with Crippen molar-refractivity contribution >= 4 is 5.97 Å². The number of likely N-dealkylation sites (tertiary alicyclic amines) is 1. The van der Waals surface area contributed by atoms with Gasteiger partial charge in [0.25, 0.3) is 0 Å². The van der Waals surface area contributed by atoms with Crippen molar-refractivity contribution < 1.29 is 14.3 Å². The molecular formula is C14H18FNO2. The molecule has 1 N–H and O–H groups in total. The summed E-state index contributed by atoms with van der Waals surface area (Å²) in [6.45, 7) is 2.67. The van der Waals surface area contributed by atoms with Crippen LogP contribution >= 0.6 is 0 Å². The maximum absolute atomic E-state index is 13.0. The highest BCUT2D eigenvalue weighted by Crippen LogP contribution is 2.37.